The van der Waals surface area contributed by atoms with E-state index >= 15 is 0 Å². The number of carbonyl (C=O) groups is 1. The first-order chi connectivity index (χ1) is 15.2. The van der Waals surface area contributed by atoms with Gasteiger partial charge in [0.2, 0.25) is 0 Å². The number of hydrogen-bond acceptors (Lipinski definition) is 6. The molecule has 0 amide bonds. The van der Waals surface area contributed by atoms with Gasteiger partial charge in [0.15, 0.2) is 16.9 Å². The molecule has 0 spiro atoms. The number of rotatable bonds is 9. The fourth-order valence-corrected chi connectivity index (χ4v) is 4.27. The third-order valence-electron chi connectivity index (χ3n) is 5.96. The number of ether oxygens (including phenoxy) is 3. The van der Waals surface area contributed by atoms with Gasteiger partial charge in [-0.2, -0.15) is 0 Å². The van der Waals surface area contributed by atoms with Crippen LogP contribution in [0.5, 0.6) is 11.5 Å². The van der Waals surface area contributed by atoms with Gasteiger partial charge >= 0.3 is 5.97 Å². The minimum absolute atomic E-state index is 0.00969. The van der Waals surface area contributed by atoms with Crippen molar-refractivity contribution in [2.24, 2.45) is 5.41 Å². The Kier molecular flexibility index (Phi) is 7.29. The van der Waals surface area contributed by atoms with Crippen molar-refractivity contribution in [2.45, 2.75) is 53.0 Å². The van der Waals surface area contributed by atoms with E-state index in [1.165, 1.54) is 6.07 Å². The molecule has 1 aliphatic heterocycles. The first-order valence-electron chi connectivity index (χ1n) is 11.1. The summed E-state index contributed by atoms with van der Waals surface area (Å²) in [6, 6.07) is 4.88. The van der Waals surface area contributed by atoms with E-state index in [9.17, 15) is 14.7 Å². The highest BCUT2D eigenvalue weighted by Gasteiger charge is 2.37. The van der Waals surface area contributed by atoms with E-state index in [0.29, 0.717) is 31.1 Å². The molecule has 2 heterocycles. The predicted octanol–water partition coefficient (Wildman–Crippen LogP) is 4.35. The van der Waals surface area contributed by atoms with E-state index < -0.39 is 11.4 Å². The van der Waals surface area contributed by atoms with Crippen molar-refractivity contribution in [3.63, 3.8) is 0 Å². The fourth-order valence-electron chi connectivity index (χ4n) is 4.27. The number of fused-ring (bicyclic) bond motifs is 3. The summed E-state index contributed by atoms with van der Waals surface area (Å²) in [6.07, 6.45) is 4.07. The van der Waals surface area contributed by atoms with Crippen molar-refractivity contribution in [1.82, 2.24) is 4.57 Å². The zero-order valence-corrected chi connectivity index (χ0v) is 19.6. The number of aromatic hydroxyl groups is 1. The van der Waals surface area contributed by atoms with Gasteiger partial charge in [-0.05, 0) is 37.5 Å². The molecule has 7 nitrogen and oxygen atoms in total. The SMILES string of the molecule is CCCCOc1cc2c(cc1O)CC(C(C)(C)COC)n1cc(C(=O)OCC)c(=O)cc1-2. The largest absolute Gasteiger partial charge is 0.504 e. The van der Waals surface area contributed by atoms with E-state index in [4.69, 9.17) is 14.2 Å². The third kappa shape index (κ3) is 4.67. The van der Waals surface area contributed by atoms with E-state index in [-0.39, 0.29) is 29.4 Å². The molecule has 0 saturated carbocycles. The Morgan fingerprint density at radius 1 is 1.25 bits per heavy atom. The number of esters is 1. The monoisotopic (exact) mass is 443 g/mol. The highest BCUT2D eigenvalue weighted by molar-refractivity contribution is 5.89. The lowest BCUT2D eigenvalue weighted by Crippen LogP contribution is -2.37. The number of hydrogen-bond donors (Lipinski definition) is 1. The average Bonchev–Trinajstić information content (AvgIpc) is 2.73. The van der Waals surface area contributed by atoms with Crippen molar-refractivity contribution in [1.29, 1.82) is 0 Å². The second-order valence-corrected chi connectivity index (χ2v) is 8.88. The van der Waals surface area contributed by atoms with Crippen LogP contribution in [0, 0.1) is 5.41 Å². The van der Waals surface area contributed by atoms with Crippen LogP contribution in [0.25, 0.3) is 11.3 Å². The van der Waals surface area contributed by atoms with Crippen LogP contribution in [0.1, 0.15) is 62.5 Å². The van der Waals surface area contributed by atoms with Crippen LogP contribution < -0.4 is 10.2 Å². The molecule has 1 atom stereocenters. The molecule has 32 heavy (non-hydrogen) atoms. The van der Waals surface area contributed by atoms with Crippen molar-refractivity contribution >= 4 is 5.97 Å². The molecule has 0 aliphatic carbocycles. The zero-order chi connectivity index (χ0) is 23.5. The molecular weight excluding hydrogens is 410 g/mol. The fraction of sp³-hybridized carbons (Fsp3) is 0.520. The lowest BCUT2D eigenvalue weighted by molar-refractivity contribution is 0.0516. The topological polar surface area (TPSA) is 87.0 Å². The van der Waals surface area contributed by atoms with Gasteiger partial charge in [0, 0.05) is 36.4 Å². The molecule has 1 aromatic carbocycles. The third-order valence-corrected chi connectivity index (χ3v) is 5.96. The van der Waals surface area contributed by atoms with Gasteiger partial charge in [0.05, 0.1) is 25.5 Å². The quantitative estimate of drug-likeness (QED) is 0.458. The molecule has 0 bridgehead atoms. The Morgan fingerprint density at radius 3 is 2.66 bits per heavy atom. The normalized spacial score (nSPS) is 15.1. The van der Waals surface area contributed by atoms with Gasteiger partial charge in [0.1, 0.15) is 5.56 Å². The molecule has 174 valence electrons. The summed E-state index contributed by atoms with van der Waals surface area (Å²) >= 11 is 0. The highest BCUT2D eigenvalue weighted by Crippen LogP contribution is 2.45. The standard InChI is InChI=1S/C25H33NO6/c1-6-8-9-32-22-12-17-16(10-21(22)28)11-23(25(3,4)15-30-5)26-14-18(24(29)31-7-2)20(27)13-19(17)26/h10,12-14,23,28H,6-9,11,15H2,1-5H3. The van der Waals surface area contributed by atoms with Crippen LogP contribution >= 0.6 is 0 Å². The Morgan fingerprint density at radius 2 is 2.00 bits per heavy atom. The van der Waals surface area contributed by atoms with Gasteiger partial charge in [-0.15, -0.1) is 0 Å². The maximum atomic E-state index is 12.8. The lowest BCUT2D eigenvalue weighted by Gasteiger charge is -2.40. The molecule has 1 aliphatic rings. The van der Waals surface area contributed by atoms with Crippen molar-refractivity contribution in [3.8, 4) is 22.8 Å². The van der Waals surface area contributed by atoms with Crippen LogP contribution in [0.3, 0.4) is 0 Å². The number of carbonyl (C=O) groups excluding carboxylic acids is 1. The molecule has 0 radical (unpaired) electrons. The van der Waals surface area contributed by atoms with Crippen LogP contribution in [0.2, 0.25) is 0 Å². The number of aromatic nitrogens is 1. The summed E-state index contributed by atoms with van der Waals surface area (Å²) in [5.74, 6) is -0.154. The molecule has 1 N–H and O–H groups in total. The Hall–Kier alpha value is -2.80. The number of phenols is 1. The minimum atomic E-state index is -0.629. The molecule has 0 saturated heterocycles. The van der Waals surface area contributed by atoms with E-state index in [0.717, 1.165) is 24.0 Å². The summed E-state index contributed by atoms with van der Waals surface area (Å²) in [5, 5.41) is 10.6. The first-order valence-corrected chi connectivity index (χ1v) is 11.1. The predicted molar refractivity (Wildman–Crippen MR) is 123 cm³/mol. The number of pyridine rings is 1. The second-order valence-electron chi connectivity index (χ2n) is 8.88. The van der Waals surface area contributed by atoms with E-state index in [1.54, 1.807) is 32.4 Å². The minimum Gasteiger partial charge on any atom is -0.504 e. The van der Waals surface area contributed by atoms with E-state index in [1.807, 2.05) is 4.57 Å². The first kappa shape index (κ1) is 23.9. The van der Waals surface area contributed by atoms with Crippen molar-refractivity contribution < 1.29 is 24.1 Å². The van der Waals surface area contributed by atoms with Crippen LogP contribution in [0.15, 0.2) is 29.2 Å². The summed E-state index contributed by atoms with van der Waals surface area (Å²) in [6.45, 7) is 9.13. The Balaban J connectivity index is 2.18. The van der Waals surface area contributed by atoms with Gasteiger partial charge in [0.25, 0.3) is 0 Å². The second kappa shape index (κ2) is 9.77. The zero-order valence-electron chi connectivity index (χ0n) is 19.6. The Labute approximate surface area is 188 Å². The van der Waals surface area contributed by atoms with Crippen molar-refractivity contribution in [2.75, 3.05) is 26.9 Å². The number of benzene rings is 1. The molecule has 3 rings (SSSR count). The molecule has 1 unspecified atom stereocenters. The molecule has 0 fully saturated rings. The number of nitrogens with zero attached hydrogens (tertiary/aromatic N) is 1. The summed E-state index contributed by atoms with van der Waals surface area (Å²) in [7, 11) is 1.65. The molecular formula is C25H33NO6. The number of methoxy groups -OCH3 is 1. The van der Waals surface area contributed by atoms with Gasteiger partial charge in [-0.3, -0.25) is 4.79 Å². The van der Waals surface area contributed by atoms with Gasteiger partial charge in [-0.25, -0.2) is 4.79 Å². The average molecular weight is 444 g/mol. The number of phenolic OH excluding ortho intramolecular Hbond substituents is 1. The van der Waals surface area contributed by atoms with Crippen LogP contribution in [-0.2, 0) is 15.9 Å². The lowest BCUT2D eigenvalue weighted by atomic mass is 9.77. The molecule has 7 heteroatoms. The van der Waals surface area contributed by atoms with Crippen LogP contribution in [0.4, 0.5) is 0 Å². The maximum absolute atomic E-state index is 12.8. The molecule has 2 aromatic rings. The molecule has 1 aromatic heterocycles. The Bertz CT molecular complexity index is 1040. The maximum Gasteiger partial charge on any atom is 0.343 e. The van der Waals surface area contributed by atoms with E-state index in [2.05, 4.69) is 20.8 Å². The van der Waals surface area contributed by atoms with Crippen molar-refractivity contribution in [3.05, 3.63) is 45.7 Å². The van der Waals surface area contributed by atoms with Gasteiger partial charge < -0.3 is 23.9 Å². The van der Waals surface area contributed by atoms with Gasteiger partial charge in [-0.1, -0.05) is 27.2 Å². The highest BCUT2D eigenvalue weighted by atomic mass is 16.5. The van der Waals surface area contributed by atoms with Crippen LogP contribution in [-0.4, -0.2) is 42.6 Å². The summed E-state index contributed by atoms with van der Waals surface area (Å²) < 4.78 is 18.3. The smallest absolute Gasteiger partial charge is 0.343 e. The summed E-state index contributed by atoms with van der Waals surface area (Å²) in [5.41, 5.74) is 1.71. The number of unbranched alkanes of at least 4 members (excludes halogenated alkanes) is 1. The summed E-state index contributed by atoms with van der Waals surface area (Å²) in [4.78, 5) is 25.3.